The van der Waals surface area contributed by atoms with Gasteiger partial charge in [-0.05, 0) is 47.5 Å². The summed E-state index contributed by atoms with van der Waals surface area (Å²) < 4.78 is 18.5. The van der Waals surface area contributed by atoms with Gasteiger partial charge in [0.05, 0.1) is 18.7 Å². The lowest BCUT2D eigenvalue weighted by molar-refractivity contribution is 0.0136. The summed E-state index contributed by atoms with van der Waals surface area (Å²) in [6.07, 6.45) is 1.78. The number of halogens is 1. The van der Waals surface area contributed by atoms with Gasteiger partial charge in [-0.3, -0.25) is 0 Å². The molecule has 3 aromatic carbocycles. The molecular weight excluding hydrogens is 369 g/mol. The highest BCUT2D eigenvalue weighted by atomic mass is 19.1. The molecule has 0 aromatic heterocycles. The second-order valence-electron chi connectivity index (χ2n) is 6.44. The van der Waals surface area contributed by atoms with Crippen molar-refractivity contribution in [3.05, 3.63) is 114 Å². The number of carbonyl (C=O) groups excluding carboxylic acids is 1. The number of hydrogen-bond acceptors (Lipinski definition) is 4. The molecule has 5 heteroatoms. The molecule has 0 saturated heterocycles. The Morgan fingerprint density at radius 1 is 0.966 bits per heavy atom. The SMILES string of the molecule is C=C[C@@H](c1ccccc1)[C@H](NOC(=O)c1ccc(OC)cc1)c1ccc(F)cc1. The average molecular weight is 391 g/mol. The van der Waals surface area contributed by atoms with Crippen molar-refractivity contribution < 1.29 is 18.8 Å². The first kappa shape index (κ1) is 20.3. The molecule has 0 heterocycles. The zero-order valence-electron chi connectivity index (χ0n) is 16.0. The fourth-order valence-electron chi connectivity index (χ4n) is 3.06. The second-order valence-corrected chi connectivity index (χ2v) is 6.44. The van der Waals surface area contributed by atoms with Gasteiger partial charge in [-0.25, -0.2) is 9.18 Å². The lowest BCUT2D eigenvalue weighted by atomic mass is 9.87. The summed E-state index contributed by atoms with van der Waals surface area (Å²) in [5, 5.41) is 0. The Bertz CT molecular complexity index is 940. The Balaban J connectivity index is 1.83. The van der Waals surface area contributed by atoms with Crippen LogP contribution in [0.4, 0.5) is 4.39 Å². The lowest BCUT2D eigenvalue weighted by Gasteiger charge is -2.26. The predicted octanol–water partition coefficient (Wildman–Crippen LogP) is 5.21. The molecule has 3 aromatic rings. The molecular formula is C24H22FNO3. The number of ether oxygens (including phenoxy) is 1. The third kappa shape index (κ3) is 5.09. The molecule has 0 radical (unpaired) electrons. The molecule has 1 N–H and O–H groups in total. The van der Waals surface area contributed by atoms with Crippen molar-refractivity contribution in [2.45, 2.75) is 12.0 Å². The van der Waals surface area contributed by atoms with E-state index in [0.717, 1.165) is 11.1 Å². The van der Waals surface area contributed by atoms with Gasteiger partial charge in [-0.1, -0.05) is 48.5 Å². The van der Waals surface area contributed by atoms with Gasteiger partial charge in [0, 0.05) is 5.92 Å². The fraction of sp³-hybridized carbons (Fsp3) is 0.125. The Labute approximate surface area is 169 Å². The van der Waals surface area contributed by atoms with Crippen LogP contribution in [0.5, 0.6) is 5.75 Å². The van der Waals surface area contributed by atoms with Crippen molar-refractivity contribution in [2.24, 2.45) is 0 Å². The van der Waals surface area contributed by atoms with Crippen LogP contribution in [0.3, 0.4) is 0 Å². The topological polar surface area (TPSA) is 47.6 Å². The zero-order valence-corrected chi connectivity index (χ0v) is 16.0. The number of nitrogens with one attached hydrogen (secondary N) is 1. The highest BCUT2D eigenvalue weighted by molar-refractivity contribution is 5.89. The van der Waals surface area contributed by atoms with Crippen LogP contribution in [0.2, 0.25) is 0 Å². The van der Waals surface area contributed by atoms with E-state index in [1.165, 1.54) is 12.1 Å². The highest BCUT2D eigenvalue weighted by Gasteiger charge is 2.24. The number of hydroxylamine groups is 1. The number of methoxy groups -OCH3 is 1. The van der Waals surface area contributed by atoms with Gasteiger partial charge >= 0.3 is 5.97 Å². The van der Waals surface area contributed by atoms with Crippen LogP contribution in [0.25, 0.3) is 0 Å². The molecule has 148 valence electrons. The molecule has 2 atom stereocenters. The smallest absolute Gasteiger partial charge is 0.356 e. The minimum atomic E-state index is -0.532. The molecule has 0 unspecified atom stereocenters. The van der Waals surface area contributed by atoms with Crippen LogP contribution >= 0.6 is 0 Å². The summed E-state index contributed by atoms with van der Waals surface area (Å²) in [7, 11) is 1.56. The van der Waals surface area contributed by atoms with Gasteiger partial charge in [0.15, 0.2) is 0 Å². The minimum absolute atomic E-state index is 0.203. The molecule has 0 spiro atoms. The van der Waals surface area contributed by atoms with Crippen molar-refractivity contribution >= 4 is 5.97 Å². The van der Waals surface area contributed by atoms with E-state index in [1.807, 2.05) is 30.3 Å². The first-order chi connectivity index (χ1) is 14.1. The van der Waals surface area contributed by atoms with Gasteiger partial charge in [-0.15, -0.1) is 12.1 Å². The van der Waals surface area contributed by atoms with Crippen molar-refractivity contribution in [3.8, 4) is 5.75 Å². The van der Waals surface area contributed by atoms with Crippen LogP contribution in [-0.2, 0) is 4.84 Å². The van der Waals surface area contributed by atoms with Gasteiger partial charge in [0.1, 0.15) is 11.6 Å². The minimum Gasteiger partial charge on any atom is -0.497 e. The maximum Gasteiger partial charge on any atom is 0.356 e. The summed E-state index contributed by atoms with van der Waals surface area (Å²) in [4.78, 5) is 17.9. The predicted molar refractivity (Wildman–Crippen MR) is 110 cm³/mol. The molecule has 0 bridgehead atoms. The number of hydrogen-bond donors (Lipinski definition) is 1. The highest BCUT2D eigenvalue weighted by Crippen LogP contribution is 2.32. The van der Waals surface area contributed by atoms with Crippen LogP contribution in [0.15, 0.2) is 91.5 Å². The van der Waals surface area contributed by atoms with Gasteiger partial charge in [0.25, 0.3) is 0 Å². The largest absolute Gasteiger partial charge is 0.497 e. The van der Waals surface area contributed by atoms with E-state index in [0.29, 0.717) is 11.3 Å². The Hall–Kier alpha value is -3.44. The van der Waals surface area contributed by atoms with E-state index in [4.69, 9.17) is 9.57 Å². The number of carbonyl (C=O) groups is 1. The maximum atomic E-state index is 13.4. The first-order valence-corrected chi connectivity index (χ1v) is 9.16. The van der Waals surface area contributed by atoms with Crippen LogP contribution < -0.4 is 10.2 Å². The van der Waals surface area contributed by atoms with E-state index in [9.17, 15) is 9.18 Å². The Morgan fingerprint density at radius 3 is 2.21 bits per heavy atom. The van der Waals surface area contributed by atoms with E-state index in [-0.39, 0.29) is 11.7 Å². The van der Waals surface area contributed by atoms with Gasteiger partial charge in [-0.2, -0.15) is 0 Å². The number of benzene rings is 3. The molecule has 0 amide bonds. The molecule has 0 aliphatic carbocycles. The van der Waals surface area contributed by atoms with Crippen LogP contribution in [-0.4, -0.2) is 13.1 Å². The third-order valence-electron chi connectivity index (χ3n) is 4.63. The summed E-state index contributed by atoms with van der Waals surface area (Å²) in [6, 6.07) is 22.0. The summed E-state index contributed by atoms with van der Waals surface area (Å²) in [5.41, 5.74) is 4.99. The van der Waals surface area contributed by atoms with Crippen LogP contribution in [0.1, 0.15) is 33.4 Å². The van der Waals surface area contributed by atoms with Crippen molar-refractivity contribution in [1.29, 1.82) is 0 Å². The fourth-order valence-corrected chi connectivity index (χ4v) is 3.06. The molecule has 4 nitrogen and oxygen atoms in total. The lowest BCUT2D eigenvalue weighted by Crippen LogP contribution is -2.29. The van der Waals surface area contributed by atoms with E-state index < -0.39 is 12.0 Å². The summed E-state index contributed by atoms with van der Waals surface area (Å²) in [6.45, 7) is 3.94. The quantitative estimate of drug-likeness (QED) is 0.423. The van der Waals surface area contributed by atoms with Crippen molar-refractivity contribution in [1.82, 2.24) is 5.48 Å². The van der Waals surface area contributed by atoms with E-state index in [2.05, 4.69) is 12.1 Å². The maximum absolute atomic E-state index is 13.4. The van der Waals surface area contributed by atoms with E-state index in [1.54, 1.807) is 49.6 Å². The average Bonchev–Trinajstić information content (AvgIpc) is 2.78. The van der Waals surface area contributed by atoms with Crippen LogP contribution in [0, 0.1) is 5.82 Å². The van der Waals surface area contributed by atoms with Gasteiger partial charge in [0.2, 0.25) is 0 Å². The summed E-state index contributed by atoms with van der Waals surface area (Å²) >= 11 is 0. The monoisotopic (exact) mass is 391 g/mol. The molecule has 29 heavy (non-hydrogen) atoms. The molecule has 0 aliphatic rings. The van der Waals surface area contributed by atoms with Gasteiger partial charge < -0.3 is 9.57 Å². The Morgan fingerprint density at radius 2 is 1.62 bits per heavy atom. The molecule has 3 rings (SSSR count). The molecule has 0 fully saturated rings. The van der Waals surface area contributed by atoms with E-state index >= 15 is 0 Å². The first-order valence-electron chi connectivity index (χ1n) is 9.16. The Kier molecular flexibility index (Phi) is 6.76. The number of rotatable bonds is 8. The molecule has 0 saturated carbocycles. The second kappa shape index (κ2) is 9.66. The third-order valence-corrected chi connectivity index (χ3v) is 4.63. The van der Waals surface area contributed by atoms with Crippen molar-refractivity contribution in [2.75, 3.05) is 7.11 Å². The standard InChI is InChI=1S/C24H22FNO3/c1-3-22(17-7-5-4-6-8-17)23(18-9-13-20(25)14-10-18)26-29-24(27)19-11-15-21(28-2)16-12-19/h3-16,22-23,26H,1H2,2H3/t22-,23+/m0/s1. The summed E-state index contributed by atoms with van der Waals surface area (Å²) in [5.74, 6) is -0.423. The molecule has 0 aliphatic heterocycles. The zero-order chi connectivity index (χ0) is 20.6. The van der Waals surface area contributed by atoms with Crippen molar-refractivity contribution in [3.63, 3.8) is 0 Å². The normalized spacial score (nSPS) is 12.6.